The highest BCUT2D eigenvalue weighted by molar-refractivity contribution is 7.95. The van der Waals surface area contributed by atoms with Crippen LogP contribution in [0.5, 0.6) is 0 Å². The maximum atomic E-state index is 9.19. The van der Waals surface area contributed by atoms with Gasteiger partial charge < -0.3 is 0 Å². The van der Waals surface area contributed by atoms with Crippen LogP contribution in [0.3, 0.4) is 0 Å². The van der Waals surface area contributed by atoms with Gasteiger partial charge in [-0.1, -0.05) is 0 Å². The van der Waals surface area contributed by atoms with Crippen LogP contribution < -0.4 is 9.86 Å². The van der Waals surface area contributed by atoms with Crippen molar-refractivity contribution in [2.75, 3.05) is 0 Å². The van der Waals surface area contributed by atoms with Gasteiger partial charge in [-0.3, -0.25) is 14.7 Å². The van der Waals surface area contributed by atoms with E-state index in [2.05, 4.69) is 4.72 Å². The van der Waals surface area contributed by atoms with Crippen LogP contribution in [0.25, 0.3) is 0 Å². The summed E-state index contributed by atoms with van der Waals surface area (Å²) < 4.78 is 2.12. The minimum atomic E-state index is 0.519. The van der Waals surface area contributed by atoms with Crippen LogP contribution in [0.4, 0.5) is 0 Å². The van der Waals surface area contributed by atoms with E-state index >= 15 is 0 Å². The number of amides is 1. The molecule has 3 N–H and O–H groups in total. The van der Waals surface area contributed by atoms with Gasteiger partial charge >= 0.3 is 0 Å². The third-order valence-electron chi connectivity index (χ3n) is 0.116. The Balaban J connectivity index is 2.40. The van der Waals surface area contributed by atoms with Crippen LogP contribution in [0.15, 0.2) is 0 Å². The van der Waals surface area contributed by atoms with E-state index < -0.39 is 0 Å². The minimum Gasteiger partial charge on any atom is -0.290 e. The van der Waals surface area contributed by atoms with Crippen LogP contribution in [0, 0.1) is 0 Å². The Bertz CT molecular complexity index is 30.8. The van der Waals surface area contributed by atoms with E-state index in [9.17, 15) is 4.79 Å². The molecule has 3 nitrogen and oxygen atoms in total. The molecule has 0 unspecified atom stereocenters. The molecular formula is CH4N2OS. The Labute approximate surface area is 34.2 Å². The topological polar surface area (TPSA) is 55.1 Å². The fourth-order valence-corrected chi connectivity index (χ4v) is 0.0833. The van der Waals surface area contributed by atoms with Gasteiger partial charge in [0.2, 0.25) is 6.41 Å². The first-order chi connectivity index (χ1) is 2.41. The van der Waals surface area contributed by atoms with Crippen molar-refractivity contribution in [3.63, 3.8) is 0 Å². The quantitative estimate of drug-likeness (QED) is 0.348. The number of hydrogen-bond donors (Lipinski definition) is 2. The molecule has 1 amide bonds. The van der Waals surface area contributed by atoms with Gasteiger partial charge in [-0.15, -0.1) is 0 Å². The predicted octanol–water partition coefficient (Wildman–Crippen LogP) is -0.746. The average Bonchev–Trinajstić information content (AvgIpc) is 1.41. The first-order valence-electron chi connectivity index (χ1n) is 0.964. The van der Waals surface area contributed by atoms with Gasteiger partial charge in [0.05, 0.1) is 0 Å². The van der Waals surface area contributed by atoms with Crippen molar-refractivity contribution in [3.05, 3.63) is 0 Å². The molecule has 0 aliphatic rings. The standard InChI is InChI=1S/CH4N2OS/c2-5-3-1-4/h1H,2H2,(H,3,4). The highest BCUT2D eigenvalue weighted by Gasteiger charge is 1.59. The molecule has 0 bridgehead atoms. The van der Waals surface area contributed by atoms with Crippen molar-refractivity contribution < 1.29 is 4.79 Å². The Hall–Kier alpha value is -0.220. The fourth-order valence-electron chi connectivity index (χ4n) is 0.0278. The lowest BCUT2D eigenvalue weighted by molar-refractivity contribution is -0.107. The number of carbonyl (C=O) groups is 1. The van der Waals surface area contributed by atoms with E-state index in [4.69, 9.17) is 5.14 Å². The second-order valence-electron chi connectivity index (χ2n) is 0.354. The molecule has 0 aliphatic carbocycles. The fraction of sp³-hybridized carbons (Fsp3) is 0. The summed E-state index contributed by atoms with van der Waals surface area (Å²) in [7, 11) is 0. The van der Waals surface area contributed by atoms with Crippen molar-refractivity contribution >= 4 is 18.5 Å². The molecule has 0 aliphatic heterocycles. The smallest absolute Gasteiger partial charge is 0.217 e. The second-order valence-corrected chi connectivity index (χ2v) is 0.825. The van der Waals surface area contributed by atoms with Gasteiger partial charge in [-0.2, -0.15) is 0 Å². The third-order valence-corrected chi connectivity index (χ3v) is 0.348. The normalized spacial score (nSPS) is 6.60. The molecule has 0 aromatic heterocycles. The van der Waals surface area contributed by atoms with E-state index in [1.54, 1.807) is 0 Å². The van der Waals surface area contributed by atoms with Crippen molar-refractivity contribution in [2.24, 2.45) is 5.14 Å². The van der Waals surface area contributed by atoms with Crippen molar-refractivity contribution in [1.82, 2.24) is 4.72 Å². The Kier molecular flexibility index (Phi) is 3.61. The van der Waals surface area contributed by atoms with Crippen LogP contribution in [0.1, 0.15) is 0 Å². The number of nitrogens with one attached hydrogen (secondary N) is 1. The van der Waals surface area contributed by atoms with Crippen molar-refractivity contribution in [2.45, 2.75) is 0 Å². The van der Waals surface area contributed by atoms with Crippen LogP contribution in [0.2, 0.25) is 0 Å². The molecule has 4 heteroatoms. The van der Waals surface area contributed by atoms with Gasteiger partial charge in [-0.25, -0.2) is 0 Å². The van der Waals surface area contributed by atoms with Gasteiger partial charge in [0.25, 0.3) is 0 Å². The zero-order valence-electron chi connectivity index (χ0n) is 2.47. The predicted molar refractivity (Wildman–Crippen MR) is 21.0 cm³/mol. The summed E-state index contributed by atoms with van der Waals surface area (Å²) in [5.41, 5.74) is 0. The maximum absolute atomic E-state index is 9.19. The number of carbonyl (C=O) groups excluding carboxylic acids is 1. The molecule has 0 rings (SSSR count). The highest BCUT2D eigenvalue weighted by Crippen LogP contribution is 1.62. The lowest BCUT2D eigenvalue weighted by atomic mass is 11.5. The third kappa shape index (κ3) is 3.78. The zero-order valence-corrected chi connectivity index (χ0v) is 3.29. The van der Waals surface area contributed by atoms with Gasteiger partial charge in [0.15, 0.2) is 0 Å². The van der Waals surface area contributed by atoms with Crippen molar-refractivity contribution in [3.8, 4) is 0 Å². The first kappa shape index (κ1) is 4.78. The molecule has 0 aromatic carbocycles. The lowest BCUT2D eigenvalue weighted by Crippen LogP contribution is -2.00. The summed E-state index contributed by atoms with van der Waals surface area (Å²) in [5.74, 6) is 0. The van der Waals surface area contributed by atoms with E-state index in [0.29, 0.717) is 6.41 Å². The largest absolute Gasteiger partial charge is 0.290 e. The molecule has 5 heavy (non-hydrogen) atoms. The summed E-state index contributed by atoms with van der Waals surface area (Å²) in [6, 6.07) is 0. The summed E-state index contributed by atoms with van der Waals surface area (Å²) in [4.78, 5) is 9.19. The molecule has 0 aromatic rings. The van der Waals surface area contributed by atoms with Crippen LogP contribution >= 0.6 is 12.1 Å². The molecule has 0 fully saturated rings. The molecule has 0 atom stereocenters. The minimum absolute atomic E-state index is 0.519. The Morgan fingerprint density at radius 2 is 2.60 bits per heavy atom. The molecular weight excluding hydrogens is 88.1 g/mol. The summed E-state index contributed by atoms with van der Waals surface area (Å²) >= 11 is 0.784. The zero-order chi connectivity index (χ0) is 4.12. The van der Waals surface area contributed by atoms with Crippen LogP contribution in [-0.2, 0) is 4.79 Å². The molecule has 0 saturated carbocycles. The summed E-state index contributed by atoms with van der Waals surface area (Å²) in [6.07, 6.45) is 0.519. The van der Waals surface area contributed by atoms with Gasteiger partial charge in [-0.05, 0) is 0 Å². The Morgan fingerprint density at radius 3 is 2.60 bits per heavy atom. The van der Waals surface area contributed by atoms with E-state index in [1.807, 2.05) is 0 Å². The van der Waals surface area contributed by atoms with Crippen LogP contribution in [-0.4, -0.2) is 6.41 Å². The molecule has 0 heterocycles. The average molecular weight is 92.1 g/mol. The number of rotatable bonds is 2. The molecule has 0 spiro atoms. The van der Waals surface area contributed by atoms with E-state index in [-0.39, 0.29) is 0 Å². The van der Waals surface area contributed by atoms with Crippen molar-refractivity contribution in [1.29, 1.82) is 0 Å². The lowest BCUT2D eigenvalue weighted by Gasteiger charge is -1.77. The summed E-state index contributed by atoms with van der Waals surface area (Å²) in [5, 5.41) is 4.71. The SMILES string of the molecule is NSNC=O. The van der Waals surface area contributed by atoms with Gasteiger partial charge in [0.1, 0.15) is 0 Å². The Morgan fingerprint density at radius 1 is 2.00 bits per heavy atom. The summed E-state index contributed by atoms with van der Waals surface area (Å²) in [6.45, 7) is 0. The van der Waals surface area contributed by atoms with E-state index in [0.717, 1.165) is 12.1 Å². The maximum Gasteiger partial charge on any atom is 0.217 e. The number of nitrogens with two attached hydrogens (primary N) is 1. The van der Waals surface area contributed by atoms with E-state index in [1.165, 1.54) is 0 Å². The first-order valence-corrected chi connectivity index (χ1v) is 1.84. The highest BCUT2D eigenvalue weighted by atomic mass is 32.2. The monoisotopic (exact) mass is 92.0 g/mol. The van der Waals surface area contributed by atoms with Gasteiger partial charge in [0, 0.05) is 12.1 Å². The number of hydrogen-bond acceptors (Lipinski definition) is 3. The molecule has 30 valence electrons. The molecule has 0 radical (unpaired) electrons. The molecule has 0 saturated heterocycles. The second kappa shape index (κ2) is 3.78.